The lowest BCUT2D eigenvalue weighted by molar-refractivity contribution is -0.141. The van der Waals surface area contributed by atoms with Crippen molar-refractivity contribution in [1.82, 2.24) is 0 Å². The van der Waals surface area contributed by atoms with Gasteiger partial charge in [0.15, 0.2) is 0 Å². The van der Waals surface area contributed by atoms with E-state index in [2.05, 4.69) is 49.4 Å². The van der Waals surface area contributed by atoms with Crippen molar-refractivity contribution in [3.05, 3.63) is 124 Å². The lowest BCUT2D eigenvalue weighted by Gasteiger charge is -2.50. The van der Waals surface area contributed by atoms with Crippen molar-refractivity contribution < 1.29 is 27.2 Å². The van der Waals surface area contributed by atoms with E-state index in [-0.39, 0.29) is 40.3 Å². The topological polar surface area (TPSA) is 92.7 Å². The molecule has 0 fully saturated rings. The second-order valence-corrected chi connectivity index (χ2v) is 15.0. The van der Waals surface area contributed by atoms with Gasteiger partial charge in [-0.15, -0.1) is 0 Å². The fraction of sp³-hybridized carbons (Fsp3) is 0.390. The fourth-order valence-corrected chi connectivity index (χ4v) is 8.82. The maximum Gasteiger partial charge on any atom is 0.315 e. The molecular formula is C41H45O6S-. The van der Waals surface area contributed by atoms with Crippen molar-refractivity contribution in [2.24, 2.45) is 5.92 Å². The average Bonchev–Trinajstić information content (AvgIpc) is 3.07. The summed E-state index contributed by atoms with van der Waals surface area (Å²) in [7, 11) is -4.71. The van der Waals surface area contributed by atoms with E-state index in [4.69, 9.17) is 9.47 Å². The summed E-state index contributed by atoms with van der Waals surface area (Å²) in [5, 5.41) is 0. The third-order valence-corrected chi connectivity index (χ3v) is 11.0. The molecule has 0 N–H and O–H groups in total. The van der Waals surface area contributed by atoms with Gasteiger partial charge in [0.1, 0.15) is 21.6 Å². The Bertz CT molecular complexity index is 1850. The smallest absolute Gasteiger partial charge is 0.315 e. The maximum absolute atomic E-state index is 14.7. The average molecular weight is 666 g/mol. The first-order chi connectivity index (χ1) is 23.1. The zero-order valence-electron chi connectivity index (χ0n) is 28.3. The molecule has 2 bridgehead atoms. The van der Waals surface area contributed by atoms with E-state index in [0.717, 1.165) is 35.3 Å². The van der Waals surface area contributed by atoms with Gasteiger partial charge in [0.2, 0.25) is 0 Å². The molecule has 0 heterocycles. The van der Waals surface area contributed by atoms with Gasteiger partial charge in [-0.2, -0.15) is 0 Å². The molecule has 0 amide bonds. The van der Waals surface area contributed by atoms with Gasteiger partial charge in [-0.25, -0.2) is 8.42 Å². The maximum atomic E-state index is 14.7. The molecule has 48 heavy (non-hydrogen) atoms. The minimum Gasteiger partial charge on any atom is -0.744 e. The lowest BCUT2D eigenvalue weighted by Crippen LogP contribution is -2.44. The van der Waals surface area contributed by atoms with Crippen molar-refractivity contribution in [3.8, 4) is 11.5 Å². The van der Waals surface area contributed by atoms with E-state index in [0.29, 0.717) is 17.7 Å². The number of aryl methyl sites for hydroxylation is 1. The number of carbonyl (C=O) groups excluding carboxylic acids is 1. The highest BCUT2D eigenvalue weighted by atomic mass is 32.2. The summed E-state index contributed by atoms with van der Waals surface area (Å²) in [5.74, 6) is -0.792. The van der Waals surface area contributed by atoms with Crippen LogP contribution in [0.25, 0.3) is 0 Å². The SMILES string of the molecule is CCCCCCCCOc1ccccc1C1C2c3ccccc3C(c3ccccc32)C1C(=O)Oc1cc(C(C)C)c(S(=O)(=O)[O-])cc1C. The summed E-state index contributed by atoms with van der Waals surface area (Å²) in [6, 6.07) is 27.8. The van der Waals surface area contributed by atoms with Crippen molar-refractivity contribution >= 4 is 16.1 Å². The number of rotatable bonds is 13. The van der Waals surface area contributed by atoms with Crippen LogP contribution < -0.4 is 9.47 Å². The quantitative estimate of drug-likeness (QED) is 0.0612. The van der Waals surface area contributed by atoms with Gasteiger partial charge in [0.05, 0.1) is 17.4 Å². The predicted octanol–water partition coefficient (Wildman–Crippen LogP) is 9.36. The van der Waals surface area contributed by atoms with E-state index in [1.165, 1.54) is 42.9 Å². The minimum atomic E-state index is -4.71. The molecule has 0 saturated carbocycles. The Morgan fingerprint density at radius 1 is 0.750 bits per heavy atom. The second kappa shape index (κ2) is 14.3. The Morgan fingerprint density at radius 2 is 1.29 bits per heavy atom. The first kappa shape index (κ1) is 33.9. The lowest BCUT2D eigenvalue weighted by atomic mass is 9.53. The summed E-state index contributed by atoms with van der Waals surface area (Å²) in [6.45, 7) is 8.13. The van der Waals surface area contributed by atoms with E-state index in [1.807, 2.05) is 44.2 Å². The highest BCUT2D eigenvalue weighted by Gasteiger charge is 2.54. The number of esters is 1. The molecular weight excluding hydrogens is 621 g/mol. The molecule has 4 aromatic rings. The van der Waals surface area contributed by atoms with E-state index in [1.54, 1.807) is 13.0 Å². The standard InChI is InChI=1S/C41H46O6S/c1-5-6-7-8-9-16-23-46-34-22-15-14-21-32(34)39-37-28-17-10-12-19-30(28)38(31-20-13-11-18-29(31)37)40(39)41(42)47-35-25-33(26(2)3)36(24-27(35)4)48(43,44)45/h10-15,17-22,24-26,37-40H,5-9,16,23H2,1-4H3,(H,43,44,45)/p-1. The first-order valence-corrected chi connectivity index (χ1v) is 18.7. The van der Waals surface area contributed by atoms with Crippen LogP contribution in [0.1, 0.15) is 122 Å². The molecule has 3 aliphatic rings. The Hall–Kier alpha value is -3.94. The molecule has 2 atom stereocenters. The molecule has 7 heteroatoms. The number of fused-ring (bicyclic) bond motifs is 1. The van der Waals surface area contributed by atoms with Crippen molar-refractivity contribution in [3.63, 3.8) is 0 Å². The first-order valence-electron chi connectivity index (χ1n) is 17.3. The highest BCUT2D eigenvalue weighted by Crippen LogP contribution is 2.62. The molecule has 0 spiro atoms. The summed E-state index contributed by atoms with van der Waals surface area (Å²) in [5.41, 5.74) is 6.41. The van der Waals surface area contributed by atoms with Crippen LogP contribution in [0.4, 0.5) is 0 Å². The van der Waals surface area contributed by atoms with Crippen LogP contribution >= 0.6 is 0 Å². The second-order valence-electron chi connectivity index (χ2n) is 13.6. The molecule has 0 aromatic heterocycles. The third kappa shape index (κ3) is 6.55. The fourth-order valence-electron chi connectivity index (χ4n) is 7.92. The molecule has 252 valence electrons. The largest absolute Gasteiger partial charge is 0.744 e. The Kier molecular flexibility index (Phi) is 10.1. The molecule has 4 aromatic carbocycles. The van der Waals surface area contributed by atoms with Gasteiger partial charge < -0.3 is 14.0 Å². The number of hydrogen-bond acceptors (Lipinski definition) is 6. The molecule has 2 unspecified atom stereocenters. The number of para-hydroxylation sites is 1. The van der Waals surface area contributed by atoms with Gasteiger partial charge in [-0.3, -0.25) is 4.79 Å². The molecule has 0 saturated heterocycles. The number of hydrogen-bond donors (Lipinski definition) is 0. The van der Waals surface area contributed by atoms with Gasteiger partial charge in [0, 0.05) is 17.8 Å². The summed E-state index contributed by atoms with van der Waals surface area (Å²) in [4.78, 5) is 14.5. The van der Waals surface area contributed by atoms with Crippen molar-refractivity contribution in [2.75, 3.05) is 6.61 Å². The van der Waals surface area contributed by atoms with Crippen LogP contribution in [0.2, 0.25) is 0 Å². The Labute approximate surface area is 285 Å². The monoisotopic (exact) mass is 665 g/mol. The van der Waals surface area contributed by atoms with E-state index >= 15 is 0 Å². The molecule has 3 aliphatic carbocycles. The normalized spacial score (nSPS) is 19.5. The van der Waals surface area contributed by atoms with Crippen molar-refractivity contribution in [2.45, 2.75) is 94.8 Å². The molecule has 0 aliphatic heterocycles. The van der Waals surface area contributed by atoms with E-state index < -0.39 is 16.0 Å². The van der Waals surface area contributed by atoms with Crippen LogP contribution in [0, 0.1) is 12.8 Å². The van der Waals surface area contributed by atoms with Crippen LogP contribution in [-0.4, -0.2) is 25.5 Å². The zero-order chi connectivity index (χ0) is 34.0. The molecule has 0 radical (unpaired) electrons. The summed E-state index contributed by atoms with van der Waals surface area (Å²) in [6.07, 6.45) is 7.01. The summed E-state index contributed by atoms with van der Waals surface area (Å²) < 4.78 is 49.1. The van der Waals surface area contributed by atoms with Crippen molar-refractivity contribution in [1.29, 1.82) is 0 Å². The summed E-state index contributed by atoms with van der Waals surface area (Å²) >= 11 is 0. The van der Waals surface area contributed by atoms with E-state index in [9.17, 15) is 17.8 Å². The zero-order valence-corrected chi connectivity index (χ0v) is 29.1. The number of benzene rings is 4. The van der Waals surface area contributed by atoms with Gasteiger partial charge in [-0.05, 0) is 76.4 Å². The van der Waals surface area contributed by atoms with Gasteiger partial charge in [-0.1, -0.05) is 120 Å². The van der Waals surface area contributed by atoms with Crippen LogP contribution in [0.15, 0.2) is 89.8 Å². The van der Waals surface area contributed by atoms with Crippen LogP contribution in [0.5, 0.6) is 11.5 Å². The molecule has 6 nitrogen and oxygen atoms in total. The third-order valence-electron chi connectivity index (χ3n) is 10.2. The predicted molar refractivity (Wildman–Crippen MR) is 187 cm³/mol. The van der Waals surface area contributed by atoms with Crippen LogP contribution in [0.3, 0.4) is 0 Å². The van der Waals surface area contributed by atoms with Gasteiger partial charge >= 0.3 is 5.97 Å². The number of carbonyl (C=O) groups is 1. The minimum absolute atomic E-state index is 0.0981. The number of unbranched alkanes of at least 4 members (excludes halogenated alkanes) is 5. The number of ether oxygens (including phenoxy) is 2. The Morgan fingerprint density at radius 3 is 1.88 bits per heavy atom. The highest BCUT2D eigenvalue weighted by molar-refractivity contribution is 7.85. The molecule has 7 rings (SSSR count). The Balaban J connectivity index is 1.42. The van der Waals surface area contributed by atoms with Gasteiger partial charge in [0.25, 0.3) is 0 Å². The van der Waals surface area contributed by atoms with Crippen LogP contribution in [-0.2, 0) is 14.9 Å².